The summed E-state index contributed by atoms with van der Waals surface area (Å²) in [5.41, 5.74) is 1.57. The van der Waals surface area contributed by atoms with Crippen molar-refractivity contribution in [1.82, 2.24) is 4.98 Å². The lowest BCUT2D eigenvalue weighted by atomic mass is 10.2. The summed E-state index contributed by atoms with van der Waals surface area (Å²) in [6, 6.07) is 5.31. The van der Waals surface area contributed by atoms with Crippen molar-refractivity contribution >= 4 is 43.0 Å². The van der Waals surface area contributed by atoms with Crippen LogP contribution in [0, 0.1) is 13.8 Å². The second kappa shape index (κ2) is 4.99. The molecule has 4 nitrogen and oxygen atoms in total. The fraction of sp³-hybridized carbons (Fsp3) is 0.182. The highest BCUT2D eigenvalue weighted by molar-refractivity contribution is 9.10. The third-order valence-corrected chi connectivity index (χ3v) is 5.90. The van der Waals surface area contributed by atoms with E-state index in [0.717, 1.165) is 26.4 Å². The van der Waals surface area contributed by atoms with Crippen LogP contribution in [0.4, 0.5) is 5.69 Å². The van der Waals surface area contributed by atoms with Crippen molar-refractivity contribution in [2.24, 2.45) is 0 Å². The molecule has 0 aliphatic carbocycles. The van der Waals surface area contributed by atoms with Crippen LogP contribution in [0.5, 0.6) is 0 Å². The van der Waals surface area contributed by atoms with Crippen molar-refractivity contribution in [2.45, 2.75) is 18.1 Å². The zero-order chi connectivity index (χ0) is 13.3. The van der Waals surface area contributed by atoms with Gasteiger partial charge in [0.2, 0.25) is 0 Å². The fourth-order valence-electron chi connectivity index (χ4n) is 1.33. The van der Waals surface area contributed by atoms with Crippen LogP contribution in [0.3, 0.4) is 0 Å². The van der Waals surface area contributed by atoms with Gasteiger partial charge in [-0.3, -0.25) is 4.72 Å². The molecule has 96 valence electrons. The molecule has 1 aromatic carbocycles. The Morgan fingerprint density at radius 3 is 2.61 bits per heavy atom. The smallest absolute Gasteiger partial charge is 0.273 e. The van der Waals surface area contributed by atoms with Gasteiger partial charge in [-0.15, -0.1) is 11.3 Å². The molecule has 2 rings (SSSR count). The van der Waals surface area contributed by atoms with Gasteiger partial charge in [0.05, 0.1) is 11.2 Å². The van der Waals surface area contributed by atoms with E-state index in [1.807, 2.05) is 13.0 Å². The SMILES string of the molecule is Cc1ncc(S(=O)(=O)Nc2ccc(C)c(Br)c2)s1. The van der Waals surface area contributed by atoms with E-state index in [1.165, 1.54) is 6.20 Å². The number of hydrogen-bond donors (Lipinski definition) is 1. The van der Waals surface area contributed by atoms with Gasteiger partial charge in [0.25, 0.3) is 10.0 Å². The van der Waals surface area contributed by atoms with Gasteiger partial charge in [0.15, 0.2) is 4.21 Å². The van der Waals surface area contributed by atoms with Crippen molar-refractivity contribution in [1.29, 1.82) is 0 Å². The molecule has 1 heterocycles. The maximum atomic E-state index is 12.1. The highest BCUT2D eigenvalue weighted by Gasteiger charge is 2.17. The molecule has 7 heteroatoms. The van der Waals surface area contributed by atoms with Crippen molar-refractivity contribution in [3.05, 3.63) is 39.4 Å². The molecule has 0 bridgehead atoms. The predicted octanol–water partition coefficient (Wildman–Crippen LogP) is 3.32. The molecular formula is C11H11BrN2O2S2. The molecule has 0 radical (unpaired) electrons. The van der Waals surface area contributed by atoms with Crippen LogP contribution in [0.2, 0.25) is 0 Å². The maximum Gasteiger partial charge on any atom is 0.273 e. The highest BCUT2D eigenvalue weighted by atomic mass is 79.9. The minimum Gasteiger partial charge on any atom is -0.279 e. The molecule has 0 fully saturated rings. The van der Waals surface area contributed by atoms with Gasteiger partial charge in [-0.2, -0.15) is 0 Å². The normalized spacial score (nSPS) is 11.5. The van der Waals surface area contributed by atoms with E-state index in [0.29, 0.717) is 5.69 Å². The van der Waals surface area contributed by atoms with E-state index in [9.17, 15) is 8.42 Å². The van der Waals surface area contributed by atoms with Crippen molar-refractivity contribution in [3.63, 3.8) is 0 Å². The first-order valence-electron chi connectivity index (χ1n) is 5.10. The minimum absolute atomic E-state index is 0.219. The summed E-state index contributed by atoms with van der Waals surface area (Å²) in [6.45, 7) is 3.71. The summed E-state index contributed by atoms with van der Waals surface area (Å²) in [5.74, 6) is 0. The first kappa shape index (κ1) is 13.5. The van der Waals surface area contributed by atoms with Crippen molar-refractivity contribution < 1.29 is 8.42 Å². The number of hydrogen-bond acceptors (Lipinski definition) is 4. The Morgan fingerprint density at radius 1 is 1.33 bits per heavy atom. The highest BCUT2D eigenvalue weighted by Crippen LogP contribution is 2.24. The van der Waals surface area contributed by atoms with Crippen LogP contribution in [0.25, 0.3) is 0 Å². The third-order valence-electron chi connectivity index (χ3n) is 2.29. The average Bonchev–Trinajstić information content (AvgIpc) is 2.71. The van der Waals surface area contributed by atoms with E-state index in [1.54, 1.807) is 19.1 Å². The van der Waals surface area contributed by atoms with Crippen LogP contribution < -0.4 is 4.72 Å². The fourth-order valence-corrected chi connectivity index (χ4v) is 3.86. The zero-order valence-corrected chi connectivity index (χ0v) is 13.0. The Bertz CT molecular complexity index is 680. The number of aryl methyl sites for hydroxylation is 2. The summed E-state index contributed by atoms with van der Waals surface area (Å²) in [5, 5.41) is 0.723. The Hall–Kier alpha value is -0.920. The lowest BCUT2D eigenvalue weighted by molar-refractivity contribution is 0.603. The van der Waals surface area contributed by atoms with Crippen molar-refractivity contribution in [3.8, 4) is 0 Å². The standard InChI is InChI=1S/C11H11BrN2O2S2/c1-7-3-4-9(5-10(7)12)14-18(15,16)11-6-13-8(2)17-11/h3-6,14H,1-2H3. The van der Waals surface area contributed by atoms with Crippen LogP contribution in [0.15, 0.2) is 33.1 Å². The number of nitrogens with one attached hydrogen (secondary N) is 1. The molecule has 2 aromatic rings. The number of aromatic nitrogens is 1. The van der Waals surface area contributed by atoms with Gasteiger partial charge in [-0.1, -0.05) is 22.0 Å². The number of benzene rings is 1. The molecule has 1 N–H and O–H groups in total. The topological polar surface area (TPSA) is 59.1 Å². The van der Waals surface area contributed by atoms with E-state index in [4.69, 9.17) is 0 Å². The molecule has 1 aromatic heterocycles. The number of sulfonamides is 1. The second-order valence-electron chi connectivity index (χ2n) is 3.77. The Kier molecular flexibility index (Phi) is 3.74. The van der Waals surface area contributed by atoms with E-state index >= 15 is 0 Å². The maximum absolute atomic E-state index is 12.1. The van der Waals surface area contributed by atoms with Gasteiger partial charge in [0.1, 0.15) is 0 Å². The summed E-state index contributed by atoms with van der Waals surface area (Å²) in [6.07, 6.45) is 1.37. The second-order valence-corrected chi connectivity index (χ2v) is 7.77. The monoisotopic (exact) mass is 346 g/mol. The Morgan fingerprint density at radius 2 is 2.06 bits per heavy atom. The first-order valence-corrected chi connectivity index (χ1v) is 8.19. The first-order chi connectivity index (χ1) is 8.38. The van der Waals surface area contributed by atoms with Gasteiger partial charge >= 0.3 is 0 Å². The number of anilines is 1. The molecule has 0 atom stereocenters. The average molecular weight is 347 g/mol. The van der Waals surface area contributed by atoms with Crippen LogP contribution >= 0.6 is 27.3 Å². The van der Waals surface area contributed by atoms with Gasteiger partial charge < -0.3 is 0 Å². The minimum atomic E-state index is -3.54. The third kappa shape index (κ3) is 2.90. The lowest BCUT2D eigenvalue weighted by Crippen LogP contribution is -2.11. The van der Waals surface area contributed by atoms with Crippen molar-refractivity contribution in [2.75, 3.05) is 4.72 Å². The summed E-state index contributed by atoms with van der Waals surface area (Å²) in [4.78, 5) is 3.95. The van der Waals surface area contributed by atoms with Gasteiger partial charge in [-0.25, -0.2) is 13.4 Å². The summed E-state index contributed by atoms with van der Waals surface area (Å²) >= 11 is 4.52. The van der Waals surface area contributed by atoms with Gasteiger partial charge in [-0.05, 0) is 31.5 Å². The quantitative estimate of drug-likeness (QED) is 0.927. The van der Waals surface area contributed by atoms with Crippen LogP contribution in [0.1, 0.15) is 10.6 Å². The molecule has 0 aliphatic rings. The number of thiazole rings is 1. The van der Waals surface area contributed by atoms with E-state index in [2.05, 4.69) is 25.6 Å². The molecule has 0 unspecified atom stereocenters. The number of rotatable bonds is 3. The largest absolute Gasteiger partial charge is 0.279 e. The molecule has 0 saturated heterocycles. The van der Waals surface area contributed by atoms with E-state index < -0.39 is 10.0 Å². The van der Waals surface area contributed by atoms with Crippen LogP contribution in [-0.4, -0.2) is 13.4 Å². The zero-order valence-electron chi connectivity index (χ0n) is 9.77. The lowest BCUT2D eigenvalue weighted by Gasteiger charge is -2.07. The predicted molar refractivity (Wildman–Crippen MR) is 76.5 cm³/mol. The summed E-state index contributed by atoms with van der Waals surface area (Å²) in [7, 11) is -3.54. The Balaban J connectivity index is 2.30. The molecule has 0 aliphatic heterocycles. The molecular weight excluding hydrogens is 336 g/mol. The number of halogens is 1. The van der Waals surface area contributed by atoms with Gasteiger partial charge in [0, 0.05) is 10.2 Å². The molecule has 18 heavy (non-hydrogen) atoms. The number of nitrogens with zero attached hydrogens (tertiary/aromatic N) is 1. The van der Waals surface area contributed by atoms with Crippen LogP contribution in [-0.2, 0) is 10.0 Å². The summed E-state index contributed by atoms with van der Waals surface area (Å²) < 4.78 is 27.7. The molecule has 0 amide bonds. The van der Waals surface area contributed by atoms with E-state index in [-0.39, 0.29) is 4.21 Å². The molecule has 0 saturated carbocycles. The Labute approximate surface area is 118 Å². The molecule has 0 spiro atoms.